The molecule has 20 heavy (non-hydrogen) atoms. The molecule has 1 heterocycles. The molecule has 0 bridgehead atoms. The van der Waals surface area contributed by atoms with Gasteiger partial charge in [-0.05, 0) is 56.8 Å². The zero-order valence-electron chi connectivity index (χ0n) is 12.0. The number of rotatable bonds is 5. The van der Waals surface area contributed by atoms with Gasteiger partial charge >= 0.3 is 0 Å². The summed E-state index contributed by atoms with van der Waals surface area (Å²) >= 11 is 6.14. The van der Waals surface area contributed by atoms with E-state index in [1.165, 1.54) is 12.8 Å². The smallest absolute Gasteiger partial charge is 0.220 e. The van der Waals surface area contributed by atoms with E-state index in [0.29, 0.717) is 17.4 Å². The van der Waals surface area contributed by atoms with E-state index >= 15 is 0 Å². The van der Waals surface area contributed by atoms with Crippen LogP contribution in [0.2, 0.25) is 5.02 Å². The number of carbonyl (C=O) groups excluding carboxylic acids is 1. The summed E-state index contributed by atoms with van der Waals surface area (Å²) in [5.74, 6) is 0.758. The predicted octanol–water partition coefficient (Wildman–Crippen LogP) is 3.30. The van der Waals surface area contributed by atoms with Crippen molar-refractivity contribution in [1.29, 1.82) is 0 Å². The number of piperidine rings is 1. The highest BCUT2D eigenvalue weighted by atomic mass is 35.5. The van der Waals surface area contributed by atoms with Crippen molar-refractivity contribution in [3.63, 3.8) is 0 Å². The summed E-state index contributed by atoms with van der Waals surface area (Å²) in [7, 11) is 0. The summed E-state index contributed by atoms with van der Waals surface area (Å²) in [6.45, 7) is 4.14. The number of benzene rings is 1. The molecule has 0 spiro atoms. The van der Waals surface area contributed by atoms with Gasteiger partial charge in [-0.2, -0.15) is 0 Å². The molecule has 0 saturated carbocycles. The number of carbonyl (C=O) groups is 1. The lowest BCUT2D eigenvalue weighted by molar-refractivity contribution is -0.122. The third kappa shape index (κ3) is 4.50. The summed E-state index contributed by atoms with van der Waals surface area (Å²) in [4.78, 5) is 12.0. The number of hydrogen-bond acceptors (Lipinski definition) is 2. The third-order valence-corrected chi connectivity index (χ3v) is 4.27. The summed E-state index contributed by atoms with van der Waals surface area (Å²) < 4.78 is 0. The maximum atomic E-state index is 12.0. The maximum Gasteiger partial charge on any atom is 0.220 e. The molecule has 1 amide bonds. The van der Waals surface area contributed by atoms with Gasteiger partial charge in [0.2, 0.25) is 5.91 Å². The fraction of sp³-hybridized carbons (Fsp3) is 0.562. The Kier molecular flexibility index (Phi) is 5.86. The van der Waals surface area contributed by atoms with Crippen molar-refractivity contribution < 1.29 is 4.79 Å². The first kappa shape index (κ1) is 15.3. The molecule has 2 N–H and O–H groups in total. The molecule has 1 aromatic carbocycles. The Morgan fingerprint density at radius 2 is 2.30 bits per heavy atom. The highest BCUT2D eigenvalue weighted by Gasteiger charge is 2.16. The number of nitrogens with one attached hydrogen (secondary N) is 2. The fourth-order valence-electron chi connectivity index (χ4n) is 2.72. The summed E-state index contributed by atoms with van der Waals surface area (Å²) in [6, 6.07) is 7.61. The van der Waals surface area contributed by atoms with Crippen LogP contribution in [0.4, 0.5) is 0 Å². The van der Waals surface area contributed by atoms with E-state index in [1.54, 1.807) is 0 Å². The zero-order chi connectivity index (χ0) is 14.4. The van der Waals surface area contributed by atoms with E-state index < -0.39 is 0 Å². The van der Waals surface area contributed by atoms with E-state index in [2.05, 4.69) is 10.6 Å². The Morgan fingerprint density at radius 3 is 3.00 bits per heavy atom. The van der Waals surface area contributed by atoms with E-state index in [1.807, 2.05) is 31.2 Å². The Hall–Kier alpha value is -1.06. The van der Waals surface area contributed by atoms with Gasteiger partial charge in [0, 0.05) is 11.4 Å². The van der Waals surface area contributed by atoms with Crippen LogP contribution in [0.5, 0.6) is 0 Å². The molecule has 3 nitrogen and oxygen atoms in total. The fourth-order valence-corrected chi connectivity index (χ4v) is 3.02. The van der Waals surface area contributed by atoms with Crippen LogP contribution >= 0.6 is 11.6 Å². The third-order valence-electron chi connectivity index (χ3n) is 3.93. The molecule has 1 aliphatic rings. The van der Waals surface area contributed by atoms with Crippen molar-refractivity contribution in [2.24, 2.45) is 5.92 Å². The minimum absolute atomic E-state index is 0.0410. The molecule has 1 aromatic rings. The summed E-state index contributed by atoms with van der Waals surface area (Å²) in [6.07, 6.45) is 4.03. The Morgan fingerprint density at radius 1 is 1.50 bits per heavy atom. The molecule has 1 saturated heterocycles. The van der Waals surface area contributed by atoms with Gasteiger partial charge < -0.3 is 10.6 Å². The largest absolute Gasteiger partial charge is 0.350 e. The predicted molar refractivity (Wildman–Crippen MR) is 82.8 cm³/mol. The monoisotopic (exact) mass is 294 g/mol. The van der Waals surface area contributed by atoms with Crippen LogP contribution in [0, 0.1) is 5.92 Å². The second kappa shape index (κ2) is 7.65. The molecule has 0 radical (unpaired) electrons. The summed E-state index contributed by atoms with van der Waals surface area (Å²) in [5, 5.41) is 7.12. The normalized spacial score (nSPS) is 20.4. The van der Waals surface area contributed by atoms with Gasteiger partial charge in [-0.3, -0.25) is 4.79 Å². The molecular weight excluding hydrogens is 272 g/mol. The van der Waals surface area contributed by atoms with Crippen molar-refractivity contribution in [1.82, 2.24) is 10.6 Å². The molecule has 2 atom stereocenters. The van der Waals surface area contributed by atoms with Crippen molar-refractivity contribution in [3.8, 4) is 0 Å². The van der Waals surface area contributed by atoms with Crippen molar-refractivity contribution in [2.75, 3.05) is 13.1 Å². The lowest BCUT2D eigenvalue weighted by Gasteiger charge is -2.23. The van der Waals surface area contributed by atoms with Crippen LogP contribution in [-0.4, -0.2) is 19.0 Å². The maximum absolute atomic E-state index is 12.0. The van der Waals surface area contributed by atoms with Crippen LogP contribution in [0.3, 0.4) is 0 Å². The number of amides is 1. The van der Waals surface area contributed by atoms with Gasteiger partial charge in [0.05, 0.1) is 6.04 Å². The van der Waals surface area contributed by atoms with E-state index in [4.69, 9.17) is 11.6 Å². The molecule has 1 aliphatic heterocycles. The molecule has 2 unspecified atom stereocenters. The Bertz CT molecular complexity index is 444. The second-order valence-electron chi connectivity index (χ2n) is 5.56. The van der Waals surface area contributed by atoms with Crippen LogP contribution in [0.15, 0.2) is 24.3 Å². The first-order chi connectivity index (χ1) is 9.66. The Balaban J connectivity index is 1.77. The van der Waals surface area contributed by atoms with E-state index in [-0.39, 0.29) is 11.9 Å². The first-order valence-electron chi connectivity index (χ1n) is 7.41. The highest BCUT2D eigenvalue weighted by molar-refractivity contribution is 6.31. The lowest BCUT2D eigenvalue weighted by Crippen LogP contribution is -2.32. The minimum Gasteiger partial charge on any atom is -0.350 e. The number of halogens is 1. The Labute approximate surface area is 126 Å². The van der Waals surface area contributed by atoms with Gasteiger partial charge in [-0.15, -0.1) is 0 Å². The SMILES string of the molecule is CC(NC(=O)CCC1CCCNC1)c1ccccc1Cl. The number of hydrogen-bond donors (Lipinski definition) is 2. The van der Waals surface area contributed by atoms with E-state index in [0.717, 1.165) is 25.1 Å². The lowest BCUT2D eigenvalue weighted by atomic mass is 9.94. The quantitative estimate of drug-likeness (QED) is 0.875. The molecule has 1 fully saturated rings. The van der Waals surface area contributed by atoms with Gasteiger partial charge in [-0.25, -0.2) is 0 Å². The topological polar surface area (TPSA) is 41.1 Å². The van der Waals surface area contributed by atoms with Gasteiger partial charge in [0.25, 0.3) is 0 Å². The summed E-state index contributed by atoms with van der Waals surface area (Å²) in [5.41, 5.74) is 0.974. The van der Waals surface area contributed by atoms with Gasteiger partial charge in [0.1, 0.15) is 0 Å². The van der Waals surface area contributed by atoms with Crippen molar-refractivity contribution in [2.45, 2.75) is 38.6 Å². The van der Waals surface area contributed by atoms with Gasteiger partial charge in [0.15, 0.2) is 0 Å². The van der Waals surface area contributed by atoms with Gasteiger partial charge in [-0.1, -0.05) is 29.8 Å². The first-order valence-corrected chi connectivity index (χ1v) is 7.79. The molecule has 0 aromatic heterocycles. The molecule has 110 valence electrons. The van der Waals surface area contributed by atoms with Crippen LogP contribution in [-0.2, 0) is 4.79 Å². The molecule has 4 heteroatoms. The second-order valence-corrected chi connectivity index (χ2v) is 5.97. The average molecular weight is 295 g/mol. The molecular formula is C16H23ClN2O. The standard InChI is InChI=1S/C16H23ClN2O/c1-12(14-6-2-3-7-15(14)17)19-16(20)9-8-13-5-4-10-18-11-13/h2-3,6-7,12-13,18H,4-5,8-11H2,1H3,(H,19,20). The van der Waals surface area contributed by atoms with Crippen molar-refractivity contribution >= 4 is 17.5 Å². The van der Waals surface area contributed by atoms with Crippen LogP contribution in [0.1, 0.15) is 44.2 Å². The van der Waals surface area contributed by atoms with Crippen LogP contribution < -0.4 is 10.6 Å². The average Bonchev–Trinajstić information content (AvgIpc) is 2.46. The molecule has 2 rings (SSSR count). The zero-order valence-corrected chi connectivity index (χ0v) is 12.7. The molecule has 0 aliphatic carbocycles. The van der Waals surface area contributed by atoms with E-state index in [9.17, 15) is 4.79 Å². The minimum atomic E-state index is -0.0410. The van der Waals surface area contributed by atoms with Crippen LogP contribution in [0.25, 0.3) is 0 Å². The highest BCUT2D eigenvalue weighted by Crippen LogP contribution is 2.22. The van der Waals surface area contributed by atoms with Crippen molar-refractivity contribution in [3.05, 3.63) is 34.9 Å².